The zero-order valence-corrected chi connectivity index (χ0v) is 17.1. The molecule has 1 aromatic rings. The fourth-order valence-electron chi connectivity index (χ4n) is 3.37. The number of anilines is 1. The van der Waals surface area contributed by atoms with Gasteiger partial charge in [-0.1, -0.05) is 31.0 Å². The van der Waals surface area contributed by atoms with Gasteiger partial charge in [-0.15, -0.1) is 5.10 Å². The summed E-state index contributed by atoms with van der Waals surface area (Å²) >= 11 is 1.25. The number of amidine groups is 1. The minimum absolute atomic E-state index is 0.0763. The van der Waals surface area contributed by atoms with E-state index in [1.54, 1.807) is 31.4 Å². The Kier molecular flexibility index (Phi) is 7.08. The lowest BCUT2D eigenvalue weighted by Crippen LogP contribution is -2.28. The van der Waals surface area contributed by atoms with Crippen molar-refractivity contribution < 1.29 is 14.3 Å². The van der Waals surface area contributed by atoms with Crippen molar-refractivity contribution in [3.05, 3.63) is 24.3 Å². The first-order valence-corrected chi connectivity index (χ1v) is 10.5. The summed E-state index contributed by atoms with van der Waals surface area (Å²) in [5.41, 5.74) is 1.68. The highest BCUT2D eigenvalue weighted by Gasteiger charge is 2.32. The lowest BCUT2D eigenvalue weighted by molar-refractivity contribution is -0.122. The molecule has 1 heterocycles. The van der Waals surface area contributed by atoms with Crippen molar-refractivity contribution in [2.24, 2.45) is 16.1 Å². The first-order chi connectivity index (χ1) is 13.5. The Morgan fingerprint density at radius 3 is 2.64 bits per heavy atom. The molecular formula is C20H26N4O3S. The van der Waals surface area contributed by atoms with Crippen LogP contribution in [0.3, 0.4) is 0 Å². The van der Waals surface area contributed by atoms with Crippen molar-refractivity contribution in [2.75, 3.05) is 12.4 Å². The van der Waals surface area contributed by atoms with E-state index in [9.17, 15) is 9.59 Å². The van der Waals surface area contributed by atoms with Gasteiger partial charge in [0.1, 0.15) is 11.0 Å². The van der Waals surface area contributed by atoms with Gasteiger partial charge in [0.05, 0.1) is 7.11 Å². The van der Waals surface area contributed by atoms with Gasteiger partial charge >= 0.3 is 0 Å². The third kappa shape index (κ3) is 5.58. The summed E-state index contributed by atoms with van der Waals surface area (Å²) in [7, 11) is 1.59. The minimum atomic E-state index is -0.498. The number of nitrogens with zero attached hydrogens (tertiary/aromatic N) is 2. The molecule has 1 saturated carbocycles. The molecule has 2 aliphatic rings. The zero-order chi connectivity index (χ0) is 19.9. The fraction of sp³-hybridized carbons (Fsp3) is 0.500. The topological polar surface area (TPSA) is 92.2 Å². The molecular weight excluding hydrogens is 376 g/mol. The van der Waals surface area contributed by atoms with Gasteiger partial charge in [-0.25, -0.2) is 0 Å². The van der Waals surface area contributed by atoms with E-state index < -0.39 is 5.25 Å². The second-order valence-electron chi connectivity index (χ2n) is 7.06. The summed E-state index contributed by atoms with van der Waals surface area (Å²) in [4.78, 5) is 24.4. The molecule has 1 unspecified atom stereocenters. The highest BCUT2D eigenvalue weighted by molar-refractivity contribution is 8.15. The van der Waals surface area contributed by atoms with Gasteiger partial charge in [-0.2, -0.15) is 5.10 Å². The third-order valence-electron chi connectivity index (χ3n) is 5.02. The number of carbonyl (C=O) groups excluding carboxylic acids is 2. The molecule has 0 aromatic heterocycles. The zero-order valence-electron chi connectivity index (χ0n) is 16.2. The number of rotatable bonds is 6. The molecule has 0 spiro atoms. The van der Waals surface area contributed by atoms with Crippen molar-refractivity contribution >= 4 is 40.1 Å². The Labute approximate surface area is 169 Å². The summed E-state index contributed by atoms with van der Waals surface area (Å²) in [6, 6.07) is 7.05. The third-order valence-corrected chi connectivity index (χ3v) is 6.09. The lowest BCUT2D eigenvalue weighted by atomic mass is 9.86. The monoisotopic (exact) mass is 402 g/mol. The average molecular weight is 403 g/mol. The van der Waals surface area contributed by atoms with Gasteiger partial charge in [0, 0.05) is 17.8 Å². The molecule has 0 bridgehead atoms. The highest BCUT2D eigenvalue weighted by atomic mass is 32.2. The Hall–Kier alpha value is -2.35. The predicted molar refractivity (Wildman–Crippen MR) is 113 cm³/mol. The molecule has 2 amide bonds. The van der Waals surface area contributed by atoms with E-state index in [1.165, 1.54) is 31.0 Å². The minimum Gasteiger partial charge on any atom is -0.497 e. The van der Waals surface area contributed by atoms with E-state index in [-0.39, 0.29) is 18.2 Å². The first-order valence-electron chi connectivity index (χ1n) is 9.58. The molecule has 1 saturated heterocycles. The van der Waals surface area contributed by atoms with Crippen LogP contribution in [-0.4, -0.2) is 35.1 Å². The number of hydrogen-bond acceptors (Lipinski definition) is 6. The van der Waals surface area contributed by atoms with E-state index in [0.717, 1.165) is 18.6 Å². The second-order valence-corrected chi connectivity index (χ2v) is 8.25. The van der Waals surface area contributed by atoms with Crippen LogP contribution < -0.4 is 15.4 Å². The Balaban J connectivity index is 1.52. The molecule has 1 atom stereocenters. The van der Waals surface area contributed by atoms with Crippen molar-refractivity contribution in [3.63, 3.8) is 0 Å². The van der Waals surface area contributed by atoms with Crippen LogP contribution in [0.2, 0.25) is 0 Å². The van der Waals surface area contributed by atoms with Crippen LogP contribution in [-0.2, 0) is 9.59 Å². The number of amides is 2. The largest absolute Gasteiger partial charge is 0.497 e. The Morgan fingerprint density at radius 1 is 1.25 bits per heavy atom. The lowest BCUT2D eigenvalue weighted by Gasteiger charge is -2.20. The smallest absolute Gasteiger partial charge is 0.240 e. The Morgan fingerprint density at radius 2 is 1.96 bits per heavy atom. The van der Waals surface area contributed by atoms with Crippen molar-refractivity contribution in [2.45, 2.75) is 50.7 Å². The van der Waals surface area contributed by atoms with Gasteiger partial charge < -0.3 is 15.4 Å². The Bertz CT molecular complexity index is 770. The van der Waals surface area contributed by atoms with E-state index in [1.807, 2.05) is 6.92 Å². The predicted octanol–water partition coefficient (Wildman–Crippen LogP) is 3.57. The molecule has 150 valence electrons. The molecule has 1 aliphatic heterocycles. The number of benzene rings is 1. The quantitative estimate of drug-likeness (QED) is 0.562. The van der Waals surface area contributed by atoms with E-state index in [2.05, 4.69) is 20.8 Å². The number of carbonyl (C=O) groups is 2. The van der Waals surface area contributed by atoms with Gasteiger partial charge in [0.2, 0.25) is 11.8 Å². The van der Waals surface area contributed by atoms with E-state index >= 15 is 0 Å². The van der Waals surface area contributed by atoms with E-state index in [4.69, 9.17) is 4.74 Å². The van der Waals surface area contributed by atoms with Gasteiger partial charge in [-0.3, -0.25) is 9.59 Å². The highest BCUT2D eigenvalue weighted by Crippen LogP contribution is 2.26. The summed E-state index contributed by atoms with van der Waals surface area (Å²) in [5, 5.41) is 14.0. The normalized spacial score (nSPS) is 22.2. The number of nitrogens with one attached hydrogen (secondary N) is 2. The molecule has 28 heavy (non-hydrogen) atoms. The molecule has 3 rings (SSSR count). The fourth-order valence-corrected chi connectivity index (χ4v) is 4.29. The van der Waals surface area contributed by atoms with Crippen LogP contribution in [0.4, 0.5) is 5.69 Å². The van der Waals surface area contributed by atoms with Gasteiger partial charge in [-0.05, 0) is 49.9 Å². The number of hydrogen-bond donors (Lipinski definition) is 2. The van der Waals surface area contributed by atoms with Crippen molar-refractivity contribution in [1.82, 2.24) is 5.32 Å². The summed E-state index contributed by atoms with van der Waals surface area (Å²) in [6.45, 7) is 2.00. The van der Waals surface area contributed by atoms with Crippen LogP contribution >= 0.6 is 11.8 Å². The molecule has 8 heteroatoms. The van der Waals surface area contributed by atoms with Crippen molar-refractivity contribution in [1.29, 1.82) is 0 Å². The van der Waals surface area contributed by atoms with Crippen LogP contribution in [0, 0.1) is 5.92 Å². The maximum Gasteiger partial charge on any atom is 0.240 e. The maximum atomic E-state index is 12.2. The number of methoxy groups -OCH3 is 1. The van der Waals surface area contributed by atoms with E-state index in [0.29, 0.717) is 22.5 Å². The first kappa shape index (κ1) is 20.4. The van der Waals surface area contributed by atoms with Gasteiger partial charge in [0.15, 0.2) is 5.17 Å². The average Bonchev–Trinajstić information content (AvgIpc) is 3.06. The standard InChI is InChI=1S/C20H26N4O3S/c1-13(14-6-4-3-5-7-14)23-24-20-22-19(26)17(28-20)12-18(25)21-15-8-10-16(27-2)11-9-15/h8-11,14,17H,3-7,12H2,1-2H3,(H,21,25)(H,22,24,26)/b23-13+. The SMILES string of the molecule is COc1ccc(NC(=O)CC2S/C(=N\N=C(/C)C3CCCCC3)NC2=O)cc1. The van der Waals surface area contributed by atoms with Crippen LogP contribution in [0.15, 0.2) is 34.5 Å². The summed E-state index contributed by atoms with van der Waals surface area (Å²) in [6.07, 6.45) is 6.18. The van der Waals surface area contributed by atoms with Crippen LogP contribution in [0.1, 0.15) is 45.4 Å². The summed E-state index contributed by atoms with van der Waals surface area (Å²) < 4.78 is 5.09. The molecule has 1 aromatic carbocycles. The second kappa shape index (κ2) is 9.73. The maximum absolute atomic E-state index is 12.2. The van der Waals surface area contributed by atoms with Crippen molar-refractivity contribution in [3.8, 4) is 5.75 Å². The van der Waals surface area contributed by atoms with Crippen LogP contribution in [0.25, 0.3) is 0 Å². The summed E-state index contributed by atoms with van der Waals surface area (Å²) in [5.74, 6) is 0.778. The molecule has 0 radical (unpaired) electrons. The molecule has 2 fully saturated rings. The van der Waals surface area contributed by atoms with Crippen LogP contribution in [0.5, 0.6) is 5.75 Å². The number of thioether (sulfide) groups is 1. The molecule has 7 nitrogen and oxygen atoms in total. The molecule has 1 aliphatic carbocycles. The van der Waals surface area contributed by atoms with Gasteiger partial charge in [0.25, 0.3) is 0 Å². The molecule has 2 N–H and O–H groups in total. The number of ether oxygens (including phenoxy) is 1.